The summed E-state index contributed by atoms with van der Waals surface area (Å²) in [4.78, 5) is 24.2. The molecule has 0 aliphatic heterocycles. The highest BCUT2D eigenvalue weighted by Gasteiger charge is 2.61. The molecule has 3 fully saturated rings. The van der Waals surface area contributed by atoms with Crippen molar-refractivity contribution >= 4 is 11.6 Å². The van der Waals surface area contributed by atoms with E-state index in [0.29, 0.717) is 36.9 Å². The third-order valence-electron chi connectivity index (χ3n) is 7.77. The number of ketones is 2. The van der Waals surface area contributed by atoms with E-state index in [2.05, 4.69) is 19.9 Å². The van der Waals surface area contributed by atoms with Crippen LogP contribution in [0.5, 0.6) is 0 Å². The van der Waals surface area contributed by atoms with Crippen molar-refractivity contribution in [3.63, 3.8) is 0 Å². The monoisotopic (exact) mass is 302 g/mol. The maximum Gasteiger partial charge on any atom is 0.155 e. The smallest absolute Gasteiger partial charge is 0.155 e. The molecule has 0 saturated heterocycles. The second-order valence-electron chi connectivity index (χ2n) is 8.58. The van der Waals surface area contributed by atoms with E-state index in [-0.39, 0.29) is 34.6 Å². The molecule has 0 aromatic heterocycles. The van der Waals surface area contributed by atoms with Gasteiger partial charge in [0, 0.05) is 18.3 Å². The minimum absolute atomic E-state index is 0.0186. The topological polar surface area (TPSA) is 54.4 Å². The Bertz CT molecular complexity index is 565. The first-order valence-electron chi connectivity index (χ1n) is 8.80. The zero-order chi connectivity index (χ0) is 15.7. The van der Waals surface area contributed by atoms with Crippen molar-refractivity contribution in [1.29, 1.82) is 0 Å². The number of fused-ring (bicyclic) bond motifs is 5. The van der Waals surface area contributed by atoms with Crippen molar-refractivity contribution in [2.75, 3.05) is 0 Å². The summed E-state index contributed by atoms with van der Waals surface area (Å²) < 4.78 is 0. The van der Waals surface area contributed by atoms with Crippen molar-refractivity contribution in [3.05, 3.63) is 12.2 Å². The van der Waals surface area contributed by atoms with Crippen LogP contribution >= 0.6 is 0 Å². The van der Waals surface area contributed by atoms with Gasteiger partial charge in [0.2, 0.25) is 0 Å². The predicted octanol–water partition coefficient (Wildman–Crippen LogP) is 2.91. The van der Waals surface area contributed by atoms with Crippen LogP contribution in [-0.2, 0) is 9.59 Å². The number of carbonyl (C=O) groups is 2. The van der Waals surface area contributed by atoms with Gasteiger partial charge in [-0.1, -0.05) is 19.9 Å². The van der Waals surface area contributed by atoms with Crippen LogP contribution in [0.1, 0.15) is 52.4 Å². The molecule has 0 radical (unpaired) electrons. The van der Waals surface area contributed by atoms with Gasteiger partial charge in [0.15, 0.2) is 5.78 Å². The lowest BCUT2D eigenvalue weighted by atomic mass is 9.46. The molecule has 0 heterocycles. The van der Waals surface area contributed by atoms with Crippen LogP contribution in [0.25, 0.3) is 0 Å². The van der Waals surface area contributed by atoms with Gasteiger partial charge in [-0.2, -0.15) is 0 Å². The Kier molecular flexibility index (Phi) is 3.01. The number of Topliss-reactive ketones (excluding diaryl/α,β-unsaturated/α-hetero) is 1. The summed E-state index contributed by atoms with van der Waals surface area (Å²) in [7, 11) is 0. The molecule has 4 aliphatic rings. The summed E-state index contributed by atoms with van der Waals surface area (Å²) in [5.74, 6) is 1.84. The SMILES string of the molecule is C[C@]12C=CC(=O)CC1C[C@@H](O)[C@@H]1[C@@H]2CC[C@]2(C)C(=O)CC[C@@H]12. The summed E-state index contributed by atoms with van der Waals surface area (Å²) in [6.07, 6.45) is 8.43. The highest BCUT2D eigenvalue weighted by molar-refractivity contribution is 5.91. The second-order valence-corrected chi connectivity index (χ2v) is 8.58. The molecule has 22 heavy (non-hydrogen) atoms. The van der Waals surface area contributed by atoms with E-state index in [0.717, 1.165) is 19.3 Å². The van der Waals surface area contributed by atoms with Crippen molar-refractivity contribution in [2.45, 2.75) is 58.5 Å². The van der Waals surface area contributed by atoms with Gasteiger partial charge in [-0.15, -0.1) is 0 Å². The van der Waals surface area contributed by atoms with Crippen molar-refractivity contribution in [2.24, 2.45) is 34.5 Å². The number of carbonyl (C=O) groups excluding carboxylic acids is 2. The fraction of sp³-hybridized carbons (Fsp3) is 0.789. The summed E-state index contributed by atoms with van der Waals surface area (Å²) >= 11 is 0. The van der Waals surface area contributed by atoms with Gasteiger partial charge in [0.1, 0.15) is 5.78 Å². The van der Waals surface area contributed by atoms with Crippen LogP contribution in [0, 0.1) is 34.5 Å². The predicted molar refractivity (Wildman–Crippen MR) is 83.0 cm³/mol. The quantitative estimate of drug-likeness (QED) is 0.748. The lowest BCUT2D eigenvalue weighted by Crippen LogP contribution is -2.57. The molecule has 1 unspecified atom stereocenters. The van der Waals surface area contributed by atoms with E-state index < -0.39 is 0 Å². The van der Waals surface area contributed by atoms with Crippen LogP contribution in [0.2, 0.25) is 0 Å². The van der Waals surface area contributed by atoms with Crippen LogP contribution in [0.15, 0.2) is 12.2 Å². The number of hydrogen-bond donors (Lipinski definition) is 1. The normalized spacial score (nSPS) is 53.9. The molecule has 4 rings (SSSR count). The summed E-state index contributed by atoms with van der Waals surface area (Å²) in [6.45, 7) is 4.41. The molecule has 4 aliphatic carbocycles. The van der Waals surface area contributed by atoms with Gasteiger partial charge in [-0.3, -0.25) is 9.59 Å². The van der Waals surface area contributed by atoms with Crippen LogP contribution in [0.4, 0.5) is 0 Å². The molecule has 0 amide bonds. The maximum atomic E-state index is 12.4. The first-order valence-corrected chi connectivity index (χ1v) is 8.80. The van der Waals surface area contributed by atoms with Gasteiger partial charge >= 0.3 is 0 Å². The third kappa shape index (κ3) is 1.72. The minimum atomic E-state index is -0.349. The molecule has 120 valence electrons. The molecule has 3 nitrogen and oxygen atoms in total. The van der Waals surface area contributed by atoms with Gasteiger partial charge < -0.3 is 5.11 Å². The van der Waals surface area contributed by atoms with Crippen LogP contribution in [0.3, 0.4) is 0 Å². The van der Waals surface area contributed by atoms with Gasteiger partial charge in [-0.25, -0.2) is 0 Å². The molecule has 7 atom stereocenters. The molecule has 1 N–H and O–H groups in total. The first kappa shape index (κ1) is 14.6. The molecular formula is C19H26O3. The Labute approximate surface area is 132 Å². The van der Waals surface area contributed by atoms with Crippen molar-refractivity contribution in [1.82, 2.24) is 0 Å². The van der Waals surface area contributed by atoms with Gasteiger partial charge in [0.25, 0.3) is 0 Å². The number of hydrogen-bond acceptors (Lipinski definition) is 3. The van der Waals surface area contributed by atoms with Crippen molar-refractivity contribution in [3.8, 4) is 0 Å². The lowest BCUT2D eigenvalue weighted by molar-refractivity contribution is -0.150. The highest BCUT2D eigenvalue weighted by atomic mass is 16.3. The lowest BCUT2D eigenvalue weighted by Gasteiger charge is -2.59. The van der Waals surface area contributed by atoms with Crippen LogP contribution < -0.4 is 0 Å². The molecule has 3 saturated carbocycles. The molecule has 0 aromatic rings. The maximum absolute atomic E-state index is 12.4. The minimum Gasteiger partial charge on any atom is -0.393 e. The number of allylic oxidation sites excluding steroid dienone is 2. The fourth-order valence-corrected chi connectivity index (χ4v) is 6.38. The Hall–Kier alpha value is -0.960. The molecule has 3 heteroatoms. The standard InChI is InChI=1S/C19H26O3/c1-18-7-5-12(20)9-11(18)10-15(21)17-13-3-4-16(22)19(13,2)8-6-14(17)18/h5,7,11,13-15,17,21H,3-4,6,8-10H2,1-2H3/t11?,13-,14-,15+,17-,18-,19-/m0/s1. The number of aliphatic hydroxyl groups excluding tert-OH is 1. The zero-order valence-corrected chi connectivity index (χ0v) is 13.5. The van der Waals surface area contributed by atoms with E-state index in [4.69, 9.17) is 0 Å². The largest absolute Gasteiger partial charge is 0.393 e. The van der Waals surface area contributed by atoms with Crippen molar-refractivity contribution < 1.29 is 14.7 Å². The van der Waals surface area contributed by atoms with E-state index in [1.807, 2.05) is 0 Å². The molecule has 0 aromatic carbocycles. The Morgan fingerprint density at radius 2 is 1.95 bits per heavy atom. The van der Waals surface area contributed by atoms with Crippen LogP contribution in [-0.4, -0.2) is 22.8 Å². The Balaban J connectivity index is 1.74. The number of aliphatic hydroxyl groups is 1. The highest BCUT2D eigenvalue weighted by Crippen LogP contribution is 2.64. The van der Waals surface area contributed by atoms with E-state index >= 15 is 0 Å². The summed E-state index contributed by atoms with van der Waals surface area (Å²) in [6, 6.07) is 0. The third-order valence-corrected chi connectivity index (χ3v) is 7.77. The second kappa shape index (κ2) is 4.53. The summed E-state index contributed by atoms with van der Waals surface area (Å²) in [5, 5.41) is 10.8. The fourth-order valence-electron chi connectivity index (χ4n) is 6.38. The van der Waals surface area contributed by atoms with E-state index in [9.17, 15) is 14.7 Å². The Morgan fingerprint density at radius 1 is 1.18 bits per heavy atom. The van der Waals surface area contributed by atoms with Gasteiger partial charge in [-0.05, 0) is 60.8 Å². The Morgan fingerprint density at radius 3 is 2.73 bits per heavy atom. The average Bonchev–Trinajstić information content (AvgIpc) is 2.77. The zero-order valence-electron chi connectivity index (χ0n) is 13.5. The molecule has 0 bridgehead atoms. The van der Waals surface area contributed by atoms with E-state index in [1.54, 1.807) is 6.08 Å². The van der Waals surface area contributed by atoms with E-state index in [1.165, 1.54) is 0 Å². The number of rotatable bonds is 0. The molecule has 0 spiro atoms. The first-order chi connectivity index (χ1) is 10.4. The summed E-state index contributed by atoms with van der Waals surface area (Å²) in [5.41, 5.74) is -0.190. The average molecular weight is 302 g/mol. The molecular weight excluding hydrogens is 276 g/mol. The van der Waals surface area contributed by atoms with Gasteiger partial charge in [0.05, 0.1) is 6.10 Å².